The molecule has 5 rings (SSSR count). The Balaban J connectivity index is 1.31. The number of nitrogens with one attached hydrogen (secondary N) is 1. The first kappa shape index (κ1) is 21.6. The number of hydrogen-bond donors (Lipinski definition) is 1. The highest BCUT2D eigenvalue weighted by Crippen LogP contribution is 2.44. The summed E-state index contributed by atoms with van der Waals surface area (Å²) in [5.74, 6) is 1.09. The second-order valence-electron chi connectivity index (χ2n) is 8.14. The van der Waals surface area contributed by atoms with E-state index in [-0.39, 0.29) is 10.8 Å². The lowest BCUT2D eigenvalue weighted by Gasteiger charge is -2.29. The van der Waals surface area contributed by atoms with E-state index in [4.69, 9.17) is 0 Å². The molecule has 0 saturated carbocycles. The van der Waals surface area contributed by atoms with E-state index in [0.29, 0.717) is 29.7 Å². The fraction of sp³-hybridized carbons (Fsp3) is 0.304. The van der Waals surface area contributed by atoms with Gasteiger partial charge in [-0.05, 0) is 49.1 Å². The number of nitrogens with zero attached hydrogens (tertiary/aromatic N) is 2. The second kappa shape index (κ2) is 8.62. The minimum absolute atomic E-state index is 0.224. The summed E-state index contributed by atoms with van der Waals surface area (Å²) in [5, 5.41) is 3.42. The number of piperidine rings is 1. The maximum atomic E-state index is 12.9. The molecule has 0 atom stereocenters. The van der Waals surface area contributed by atoms with Crippen LogP contribution in [-0.2, 0) is 15.8 Å². The van der Waals surface area contributed by atoms with Crippen LogP contribution in [-0.4, -0.2) is 36.7 Å². The molecule has 2 aliphatic heterocycles. The van der Waals surface area contributed by atoms with Crippen LogP contribution in [0.3, 0.4) is 0 Å². The summed E-state index contributed by atoms with van der Waals surface area (Å²) in [7, 11) is -3.53. The summed E-state index contributed by atoms with van der Waals surface area (Å²) in [6, 6.07) is 14.3. The average Bonchev–Trinajstić information content (AvgIpc) is 3.22. The monoisotopic (exact) mass is 485 g/mol. The van der Waals surface area contributed by atoms with Gasteiger partial charge in [-0.1, -0.05) is 25.1 Å². The van der Waals surface area contributed by atoms with Gasteiger partial charge in [-0.3, -0.25) is 10.1 Å². The van der Waals surface area contributed by atoms with Crippen molar-refractivity contribution >= 4 is 44.2 Å². The van der Waals surface area contributed by atoms with Gasteiger partial charge in [0, 0.05) is 39.7 Å². The van der Waals surface area contributed by atoms with Gasteiger partial charge >= 0.3 is 0 Å². The summed E-state index contributed by atoms with van der Waals surface area (Å²) in [5.41, 5.74) is 2.42. The van der Waals surface area contributed by atoms with Crippen LogP contribution in [0.2, 0.25) is 0 Å². The standard InChI is InChI=1S/C23H23N3O3S3/c1-15-10-12-26(13-11-15)32(28,29)17-8-6-16(7-9-17)22(27)25-23-24-21-18-4-2-3-5-19(18)30-14-20(21)31-23/h2-9,15H,10-14H2,1H3,(H,24,25,27). The van der Waals surface area contributed by atoms with E-state index < -0.39 is 10.0 Å². The van der Waals surface area contributed by atoms with Crippen molar-refractivity contribution in [2.24, 2.45) is 5.92 Å². The van der Waals surface area contributed by atoms with Gasteiger partial charge in [-0.15, -0.1) is 23.1 Å². The highest BCUT2D eigenvalue weighted by molar-refractivity contribution is 7.98. The van der Waals surface area contributed by atoms with Gasteiger partial charge in [0.1, 0.15) is 0 Å². The summed E-state index contributed by atoms with van der Waals surface area (Å²) in [6.45, 7) is 3.23. The van der Waals surface area contributed by atoms with Crippen LogP contribution >= 0.6 is 23.1 Å². The molecular weight excluding hydrogens is 462 g/mol. The Morgan fingerprint density at radius 1 is 1.09 bits per heavy atom. The van der Waals surface area contributed by atoms with Crippen LogP contribution in [0.4, 0.5) is 5.13 Å². The smallest absolute Gasteiger partial charge is 0.257 e. The van der Waals surface area contributed by atoms with E-state index in [9.17, 15) is 13.2 Å². The van der Waals surface area contributed by atoms with Crippen LogP contribution in [0, 0.1) is 5.92 Å². The van der Waals surface area contributed by atoms with E-state index in [1.165, 1.54) is 32.7 Å². The number of sulfonamides is 1. The third kappa shape index (κ3) is 4.10. The number of thiazole rings is 1. The highest BCUT2D eigenvalue weighted by Gasteiger charge is 2.28. The topological polar surface area (TPSA) is 79.4 Å². The minimum Gasteiger partial charge on any atom is -0.298 e. The first-order chi connectivity index (χ1) is 15.4. The van der Waals surface area contributed by atoms with Gasteiger partial charge < -0.3 is 0 Å². The SMILES string of the molecule is CC1CCN(S(=O)(=O)c2ccc(C(=O)Nc3nc4c(s3)CSc3ccccc3-4)cc2)CC1. The maximum absolute atomic E-state index is 12.9. The Kier molecular flexibility index (Phi) is 5.83. The number of amides is 1. The number of anilines is 1. The Hall–Kier alpha value is -2.20. The molecule has 2 aliphatic rings. The van der Waals surface area contributed by atoms with Gasteiger partial charge in [-0.2, -0.15) is 4.31 Å². The Morgan fingerprint density at radius 2 is 1.81 bits per heavy atom. The van der Waals surface area contributed by atoms with E-state index in [1.54, 1.807) is 23.9 Å². The molecule has 9 heteroatoms. The lowest BCUT2D eigenvalue weighted by Crippen LogP contribution is -2.37. The molecule has 2 aromatic carbocycles. The van der Waals surface area contributed by atoms with Crippen molar-refractivity contribution in [1.82, 2.24) is 9.29 Å². The molecule has 0 aliphatic carbocycles. The number of carbonyl (C=O) groups is 1. The highest BCUT2D eigenvalue weighted by atomic mass is 32.2. The molecule has 0 bridgehead atoms. The Bertz CT molecular complexity index is 1260. The zero-order valence-corrected chi connectivity index (χ0v) is 20.0. The largest absolute Gasteiger partial charge is 0.298 e. The Morgan fingerprint density at radius 3 is 2.56 bits per heavy atom. The van der Waals surface area contributed by atoms with Crippen molar-refractivity contribution in [2.45, 2.75) is 35.3 Å². The van der Waals surface area contributed by atoms with E-state index >= 15 is 0 Å². The molecule has 166 valence electrons. The van der Waals surface area contributed by atoms with Gasteiger partial charge in [0.05, 0.1) is 10.6 Å². The molecule has 1 saturated heterocycles. The van der Waals surface area contributed by atoms with Crippen molar-refractivity contribution in [1.29, 1.82) is 0 Å². The van der Waals surface area contributed by atoms with E-state index in [2.05, 4.69) is 23.3 Å². The summed E-state index contributed by atoms with van der Waals surface area (Å²) >= 11 is 3.25. The maximum Gasteiger partial charge on any atom is 0.257 e. The molecular formula is C23H23N3O3S3. The van der Waals surface area contributed by atoms with Crippen LogP contribution in [0.25, 0.3) is 11.3 Å². The van der Waals surface area contributed by atoms with Gasteiger partial charge in [0.15, 0.2) is 5.13 Å². The molecule has 1 aromatic heterocycles. The van der Waals surface area contributed by atoms with Crippen molar-refractivity contribution in [3.05, 3.63) is 59.0 Å². The van der Waals surface area contributed by atoms with E-state index in [0.717, 1.165) is 34.7 Å². The molecule has 3 aromatic rings. The number of carbonyl (C=O) groups excluding carboxylic acids is 1. The van der Waals surface area contributed by atoms with Crippen LogP contribution in [0.5, 0.6) is 0 Å². The Labute approximate surface area is 196 Å². The number of benzene rings is 2. The molecule has 6 nitrogen and oxygen atoms in total. The molecule has 32 heavy (non-hydrogen) atoms. The van der Waals surface area contributed by atoms with Crippen LogP contribution < -0.4 is 5.32 Å². The van der Waals surface area contributed by atoms with Gasteiger partial charge in [-0.25, -0.2) is 13.4 Å². The number of rotatable bonds is 4. The normalized spacial score (nSPS) is 16.9. The third-order valence-corrected chi connectivity index (χ3v) is 10.1. The first-order valence-corrected chi connectivity index (χ1v) is 13.8. The number of aromatic nitrogens is 1. The van der Waals surface area contributed by atoms with Gasteiger partial charge in [0.2, 0.25) is 10.0 Å². The molecule has 0 unspecified atom stereocenters. The summed E-state index contributed by atoms with van der Waals surface area (Å²) in [4.78, 5) is 20.0. The van der Waals surface area contributed by atoms with Crippen molar-refractivity contribution < 1.29 is 13.2 Å². The minimum atomic E-state index is -3.53. The predicted molar refractivity (Wildman–Crippen MR) is 129 cm³/mol. The molecule has 1 N–H and O–H groups in total. The zero-order valence-electron chi connectivity index (χ0n) is 17.6. The van der Waals surface area contributed by atoms with E-state index in [1.807, 2.05) is 18.2 Å². The second-order valence-corrected chi connectivity index (χ2v) is 12.2. The molecule has 3 heterocycles. The fourth-order valence-electron chi connectivity index (χ4n) is 3.97. The lowest BCUT2D eigenvalue weighted by atomic mass is 10.0. The van der Waals surface area contributed by atoms with Gasteiger partial charge in [0.25, 0.3) is 5.91 Å². The predicted octanol–water partition coefficient (Wildman–Crippen LogP) is 5.09. The quantitative estimate of drug-likeness (QED) is 0.557. The van der Waals surface area contributed by atoms with Crippen molar-refractivity contribution in [3.8, 4) is 11.3 Å². The zero-order chi connectivity index (χ0) is 22.3. The molecule has 0 radical (unpaired) electrons. The average molecular weight is 486 g/mol. The summed E-state index contributed by atoms with van der Waals surface area (Å²) in [6.07, 6.45) is 1.75. The molecule has 0 spiro atoms. The molecule has 1 fully saturated rings. The number of hydrogen-bond acceptors (Lipinski definition) is 6. The number of thioether (sulfide) groups is 1. The van der Waals surface area contributed by atoms with Crippen molar-refractivity contribution in [3.63, 3.8) is 0 Å². The first-order valence-electron chi connectivity index (χ1n) is 10.6. The molecule has 1 amide bonds. The van der Waals surface area contributed by atoms with Crippen LogP contribution in [0.15, 0.2) is 58.3 Å². The summed E-state index contributed by atoms with van der Waals surface area (Å²) < 4.78 is 27.3. The fourth-order valence-corrected chi connectivity index (χ4v) is 7.53. The van der Waals surface area contributed by atoms with Crippen LogP contribution in [0.1, 0.15) is 35.0 Å². The third-order valence-electron chi connectivity index (χ3n) is 5.92. The number of fused-ring (bicyclic) bond motifs is 3. The lowest BCUT2D eigenvalue weighted by molar-refractivity contribution is 0.102. The van der Waals surface area contributed by atoms with Crippen molar-refractivity contribution in [2.75, 3.05) is 18.4 Å².